The van der Waals surface area contributed by atoms with Gasteiger partial charge in [-0.1, -0.05) is 17.7 Å². The number of amides is 2. The van der Waals surface area contributed by atoms with Gasteiger partial charge in [-0.25, -0.2) is 4.79 Å². The Morgan fingerprint density at radius 1 is 1.25 bits per heavy atom. The van der Waals surface area contributed by atoms with E-state index in [2.05, 4.69) is 5.32 Å². The molecule has 1 saturated carbocycles. The molecule has 1 saturated heterocycles. The van der Waals surface area contributed by atoms with Gasteiger partial charge in [0.1, 0.15) is 0 Å². The summed E-state index contributed by atoms with van der Waals surface area (Å²) in [4.78, 5) is 14.5. The van der Waals surface area contributed by atoms with Gasteiger partial charge >= 0.3 is 6.03 Å². The highest BCUT2D eigenvalue weighted by Gasteiger charge is 2.36. The van der Waals surface area contributed by atoms with Crippen molar-refractivity contribution in [2.45, 2.75) is 44.8 Å². The predicted octanol–water partition coefficient (Wildman–Crippen LogP) is 3.17. The Morgan fingerprint density at radius 3 is 2.85 bits per heavy atom. The molecule has 4 heteroatoms. The lowest BCUT2D eigenvalue weighted by Gasteiger charge is -2.30. The Balaban J connectivity index is 1.70. The summed E-state index contributed by atoms with van der Waals surface area (Å²) >= 11 is 0. The number of carbonyl (C=O) groups is 1. The van der Waals surface area contributed by atoms with E-state index >= 15 is 0 Å². The molecule has 0 radical (unpaired) electrons. The predicted molar refractivity (Wildman–Crippen MR) is 78.9 cm³/mol. The van der Waals surface area contributed by atoms with E-state index < -0.39 is 0 Å². The fraction of sp³-hybridized carbons (Fsp3) is 0.562. The van der Waals surface area contributed by atoms with Crippen molar-refractivity contribution in [3.63, 3.8) is 0 Å². The van der Waals surface area contributed by atoms with Crippen molar-refractivity contribution in [3.05, 3.63) is 29.8 Å². The van der Waals surface area contributed by atoms with Gasteiger partial charge in [0.2, 0.25) is 0 Å². The van der Waals surface area contributed by atoms with Crippen LogP contribution < -0.4 is 5.32 Å². The van der Waals surface area contributed by atoms with Crippen molar-refractivity contribution in [2.75, 3.05) is 18.5 Å². The molecule has 1 N–H and O–H groups in total. The van der Waals surface area contributed by atoms with Crippen LogP contribution in [0.5, 0.6) is 0 Å². The van der Waals surface area contributed by atoms with Crippen LogP contribution in [0.4, 0.5) is 10.5 Å². The summed E-state index contributed by atoms with van der Waals surface area (Å²) in [5.74, 6) is 0. The zero-order chi connectivity index (χ0) is 13.9. The van der Waals surface area contributed by atoms with Crippen molar-refractivity contribution in [1.29, 1.82) is 0 Å². The van der Waals surface area contributed by atoms with Gasteiger partial charge in [0.25, 0.3) is 0 Å². The third-order valence-corrected chi connectivity index (χ3v) is 4.26. The van der Waals surface area contributed by atoms with E-state index in [0.29, 0.717) is 0 Å². The first kappa shape index (κ1) is 13.4. The number of carbonyl (C=O) groups excluding carboxylic acids is 1. The minimum absolute atomic E-state index is 0.0104. The van der Waals surface area contributed by atoms with E-state index in [9.17, 15) is 4.79 Å². The molecule has 1 aliphatic carbocycles. The molecule has 1 aromatic carbocycles. The summed E-state index contributed by atoms with van der Waals surface area (Å²) in [6.07, 6.45) is 4.46. The van der Waals surface area contributed by atoms with Crippen LogP contribution in [0.2, 0.25) is 0 Å². The summed E-state index contributed by atoms with van der Waals surface area (Å²) < 4.78 is 5.85. The largest absolute Gasteiger partial charge is 0.376 e. The Bertz CT molecular complexity index is 472. The van der Waals surface area contributed by atoms with Crippen LogP contribution in [-0.4, -0.2) is 36.2 Å². The van der Waals surface area contributed by atoms with Gasteiger partial charge in [0, 0.05) is 18.8 Å². The van der Waals surface area contributed by atoms with Crippen molar-refractivity contribution in [3.8, 4) is 0 Å². The van der Waals surface area contributed by atoms with Crippen LogP contribution >= 0.6 is 0 Å². The molecule has 4 nitrogen and oxygen atoms in total. The Morgan fingerprint density at radius 2 is 2.05 bits per heavy atom. The Labute approximate surface area is 120 Å². The summed E-state index contributed by atoms with van der Waals surface area (Å²) in [5, 5.41) is 3.01. The summed E-state index contributed by atoms with van der Waals surface area (Å²) in [7, 11) is 0. The van der Waals surface area contributed by atoms with Gasteiger partial charge in [0.15, 0.2) is 0 Å². The van der Waals surface area contributed by atoms with Crippen LogP contribution in [0.15, 0.2) is 24.3 Å². The van der Waals surface area contributed by atoms with Crippen molar-refractivity contribution in [2.24, 2.45) is 0 Å². The van der Waals surface area contributed by atoms with Crippen molar-refractivity contribution >= 4 is 11.7 Å². The highest BCUT2D eigenvalue weighted by atomic mass is 16.5. The minimum Gasteiger partial charge on any atom is -0.376 e. The van der Waals surface area contributed by atoms with Crippen LogP contribution in [0.25, 0.3) is 0 Å². The molecular weight excluding hydrogens is 252 g/mol. The summed E-state index contributed by atoms with van der Waals surface area (Å²) in [5.41, 5.74) is 2.06. The lowest BCUT2D eigenvalue weighted by Crippen LogP contribution is -2.45. The topological polar surface area (TPSA) is 41.6 Å². The molecule has 0 spiro atoms. The lowest BCUT2D eigenvalue weighted by atomic mass is 10.2. The van der Waals surface area contributed by atoms with E-state index in [4.69, 9.17) is 4.74 Å². The Kier molecular flexibility index (Phi) is 3.92. The van der Waals surface area contributed by atoms with Gasteiger partial charge in [0.05, 0.1) is 12.1 Å². The van der Waals surface area contributed by atoms with E-state index in [1.165, 1.54) is 5.56 Å². The first-order valence-electron chi connectivity index (χ1n) is 7.50. The van der Waals surface area contributed by atoms with Crippen LogP contribution in [0.3, 0.4) is 0 Å². The molecule has 1 heterocycles. The second kappa shape index (κ2) is 5.83. The van der Waals surface area contributed by atoms with Crippen LogP contribution in [-0.2, 0) is 4.74 Å². The highest BCUT2D eigenvalue weighted by molar-refractivity contribution is 5.89. The number of hydrogen-bond acceptors (Lipinski definition) is 2. The summed E-state index contributed by atoms with van der Waals surface area (Å²) in [6, 6.07) is 8.19. The molecule has 2 atom stereocenters. The smallest absolute Gasteiger partial charge is 0.322 e. The number of ether oxygens (including phenoxy) is 1. The van der Waals surface area contributed by atoms with E-state index in [1.807, 2.05) is 36.1 Å². The molecule has 2 aliphatic rings. The molecule has 2 fully saturated rings. The standard InChI is InChI=1S/C16H22N2O2/c1-12-6-8-13(9-7-12)17-16(19)18-10-3-11-20-15-5-2-4-14(15)18/h6-9,14-15H,2-5,10-11H2,1H3,(H,17,19)/t14-,15-/m1/s1. The number of nitrogens with zero attached hydrogens (tertiary/aromatic N) is 1. The lowest BCUT2D eigenvalue weighted by molar-refractivity contribution is 0.0413. The quantitative estimate of drug-likeness (QED) is 0.854. The van der Waals surface area contributed by atoms with Gasteiger partial charge < -0.3 is 15.0 Å². The van der Waals surface area contributed by atoms with E-state index in [0.717, 1.165) is 44.5 Å². The molecule has 0 bridgehead atoms. The Hall–Kier alpha value is -1.55. The third-order valence-electron chi connectivity index (χ3n) is 4.26. The SMILES string of the molecule is Cc1ccc(NC(=O)N2CCCO[C@@H]3CCC[C@H]32)cc1. The maximum Gasteiger partial charge on any atom is 0.322 e. The maximum absolute atomic E-state index is 12.5. The molecule has 1 aliphatic heterocycles. The normalized spacial score (nSPS) is 25.9. The molecule has 20 heavy (non-hydrogen) atoms. The summed E-state index contributed by atoms with van der Waals surface area (Å²) in [6.45, 7) is 3.61. The number of benzene rings is 1. The van der Waals surface area contributed by atoms with Gasteiger partial charge in [-0.2, -0.15) is 0 Å². The number of hydrogen-bond donors (Lipinski definition) is 1. The van der Waals surface area contributed by atoms with E-state index in [-0.39, 0.29) is 18.2 Å². The third kappa shape index (κ3) is 2.80. The number of urea groups is 1. The molecule has 3 rings (SSSR count). The zero-order valence-corrected chi connectivity index (χ0v) is 12.0. The second-order valence-corrected chi connectivity index (χ2v) is 5.75. The molecule has 2 amide bonds. The number of aryl methyl sites for hydroxylation is 1. The second-order valence-electron chi connectivity index (χ2n) is 5.75. The van der Waals surface area contributed by atoms with Crippen molar-refractivity contribution in [1.82, 2.24) is 4.90 Å². The van der Waals surface area contributed by atoms with Gasteiger partial charge in [-0.3, -0.25) is 0 Å². The zero-order valence-electron chi connectivity index (χ0n) is 12.0. The van der Waals surface area contributed by atoms with Gasteiger partial charge in [-0.15, -0.1) is 0 Å². The number of anilines is 1. The first-order valence-corrected chi connectivity index (χ1v) is 7.50. The highest BCUT2D eigenvalue weighted by Crippen LogP contribution is 2.29. The molecule has 1 aromatic rings. The van der Waals surface area contributed by atoms with Crippen LogP contribution in [0.1, 0.15) is 31.2 Å². The minimum atomic E-state index is 0.0104. The fourth-order valence-electron chi connectivity index (χ4n) is 3.18. The average Bonchev–Trinajstić information content (AvgIpc) is 2.81. The number of fused-ring (bicyclic) bond motifs is 1. The van der Waals surface area contributed by atoms with Crippen LogP contribution in [0, 0.1) is 6.92 Å². The number of nitrogens with one attached hydrogen (secondary N) is 1. The fourth-order valence-corrected chi connectivity index (χ4v) is 3.18. The van der Waals surface area contributed by atoms with Gasteiger partial charge in [-0.05, 0) is 44.7 Å². The molecule has 0 aromatic heterocycles. The molecular formula is C16H22N2O2. The average molecular weight is 274 g/mol. The molecule has 108 valence electrons. The van der Waals surface area contributed by atoms with Crippen molar-refractivity contribution < 1.29 is 9.53 Å². The first-order chi connectivity index (χ1) is 9.74. The molecule has 0 unspecified atom stereocenters. The number of rotatable bonds is 1. The monoisotopic (exact) mass is 274 g/mol. The van der Waals surface area contributed by atoms with E-state index in [1.54, 1.807) is 0 Å². The maximum atomic E-state index is 12.5.